The predicted octanol–water partition coefficient (Wildman–Crippen LogP) is 11.1. The van der Waals surface area contributed by atoms with Crippen molar-refractivity contribution in [3.63, 3.8) is 0 Å². The zero-order valence-corrected chi connectivity index (χ0v) is 27.9. The second kappa shape index (κ2) is 11.4. The molecule has 4 saturated carbocycles. The van der Waals surface area contributed by atoms with Crippen molar-refractivity contribution < 1.29 is 0 Å². The molecule has 5 aromatic carbocycles. The number of hydrogen-bond donors (Lipinski definition) is 0. The molecule has 0 spiro atoms. The molecule has 4 bridgehead atoms. The van der Waals surface area contributed by atoms with Gasteiger partial charge in [0.1, 0.15) is 0 Å². The van der Waals surface area contributed by atoms with Crippen LogP contribution in [0, 0.1) is 11.8 Å². The summed E-state index contributed by atoms with van der Waals surface area (Å²) in [6.07, 6.45) is 8.07. The Morgan fingerprint density at radius 1 is 0.447 bits per heavy atom. The Morgan fingerprint density at radius 2 is 0.894 bits per heavy atom. The molecule has 4 heteroatoms. The average molecular weight is 675 g/mol. The summed E-state index contributed by atoms with van der Waals surface area (Å²) in [7, 11) is 0. The summed E-state index contributed by atoms with van der Waals surface area (Å²) in [4.78, 5) is 14.8. The monoisotopic (exact) mass is 673 g/mol. The largest absolute Gasteiger partial charge is 0.208 e. The second-order valence-corrected chi connectivity index (χ2v) is 15.1. The zero-order valence-electron chi connectivity index (χ0n) is 26.3. The molecular weight excluding hydrogens is 638 g/mol. The first kappa shape index (κ1) is 28.8. The van der Waals surface area contributed by atoms with E-state index in [2.05, 4.69) is 113 Å². The van der Waals surface area contributed by atoms with Gasteiger partial charge in [-0.25, -0.2) is 15.0 Å². The van der Waals surface area contributed by atoms with Crippen LogP contribution in [0.15, 0.2) is 138 Å². The van der Waals surface area contributed by atoms with E-state index in [0.717, 1.165) is 28.5 Å². The smallest absolute Gasteiger partial charge is 0.164 e. The Bertz CT molecular complexity index is 1980. The van der Waals surface area contributed by atoms with Gasteiger partial charge >= 0.3 is 0 Å². The van der Waals surface area contributed by atoms with E-state index in [1.54, 1.807) is 5.56 Å². The predicted molar refractivity (Wildman–Crippen MR) is 194 cm³/mol. The van der Waals surface area contributed by atoms with Gasteiger partial charge in [-0.15, -0.1) is 0 Å². The van der Waals surface area contributed by atoms with Crippen molar-refractivity contribution in [3.05, 3.63) is 149 Å². The van der Waals surface area contributed by atoms with Crippen LogP contribution >= 0.6 is 15.9 Å². The maximum Gasteiger partial charge on any atom is 0.164 e. The van der Waals surface area contributed by atoms with Crippen molar-refractivity contribution in [2.75, 3.05) is 0 Å². The van der Waals surface area contributed by atoms with Crippen molar-refractivity contribution >= 4 is 15.9 Å². The standard InChI is InChI=1S/C43H36BrN3/c44-38-20-18-37(19-21-38)43-26-29-22-30(27-43)25-42(24-29,28-43)36-16-14-31(15-17-36)34-12-7-13-35(23-34)41-46-39(32-8-3-1-4-9-32)45-40(47-41)33-10-5-2-6-11-33/h1-21,23,29-30H,22,24-28H2. The number of aromatic nitrogens is 3. The normalized spacial score (nSPS) is 24.4. The van der Waals surface area contributed by atoms with E-state index in [0.29, 0.717) is 22.9 Å². The van der Waals surface area contributed by atoms with Gasteiger partial charge in [-0.1, -0.05) is 131 Å². The molecule has 2 atom stereocenters. The van der Waals surface area contributed by atoms with Crippen LogP contribution in [-0.2, 0) is 10.8 Å². The van der Waals surface area contributed by atoms with E-state index in [9.17, 15) is 0 Å². The van der Waals surface area contributed by atoms with Gasteiger partial charge in [-0.2, -0.15) is 0 Å². The number of benzene rings is 5. The van der Waals surface area contributed by atoms with Crippen LogP contribution in [0.25, 0.3) is 45.3 Å². The van der Waals surface area contributed by atoms with Crippen molar-refractivity contribution in [2.45, 2.75) is 49.4 Å². The Labute approximate surface area is 285 Å². The third-order valence-electron chi connectivity index (χ3n) is 11.2. The summed E-state index contributed by atoms with van der Waals surface area (Å²) in [5.74, 6) is 3.71. The third kappa shape index (κ3) is 5.23. The first-order valence-electron chi connectivity index (χ1n) is 16.9. The van der Waals surface area contributed by atoms with E-state index in [-0.39, 0.29) is 5.41 Å². The Kier molecular flexibility index (Phi) is 6.97. The van der Waals surface area contributed by atoms with Gasteiger partial charge in [-0.3, -0.25) is 0 Å². The quantitative estimate of drug-likeness (QED) is 0.177. The van der Waals surface area contributed by atoms with Crippen molar-refractivity contribution in [2.24, 2.45) is 11.8 Å². The average Bonchev–Trinajstić information content (AvgIpc) is 3.12. The van der Waals surface area contributed by atoms with Gasteiger partial charge in [-0.05, 0) is 102 Å². The van der Waals surface area contributed by atoms with E-state index >= 15 is 0 Å². The number of nitrogens with zero attached hydrogens (tertiary/aromatic N) is 3. The highest BCUT2D eigenvalue weighted by molar-refractivity contribution is 9.10. The molecule has 0 amide bonds. The van der Waals surface area contributed by atoms with Crippen LogP contribution < -0.4 is 0 Å². The third-order valence-corrected chi connectivity index (χ3v) is 11.7. The lowest BCUT2D eigenvalue weighted by Crippen LogP contribution is -2.55. The van der Waals surface area contributed by atoms with Crippen LogP contribution in [0.2, 0.25) is 0 Å². The van der Waals surface area contributed by atoms with Crippen LogP contribution in [0.4, 0.5) is 0 Å². The molecule has 1 heterocycles. The molecule has 3 nitrogen and oxygen atoms in total. The summed E-state index contributed by atoms with van der Waals surface area (Å²) < 4.78 is 1.17. The van der Waals surface area contributed by atoms with Crippen LogP contribution in [-0.4, -0.2) is 15.0 Å². The van der Waals surface area contributed by atoms with Gasteiger partial charge in [0.05, 0.1) is 0 Å². The summed E-state index contributed by atoms with van der Waals surface area (Å²) >= 11 is 3.66. The van der Waals surface area contributed by atoms with Crippen molar-refractivity contribution in [3.8, 4) is 45.3 Å². The first-order chi connectivity index (χ1) is 23.0. The first-order valence-corrected chi connectivity index (χ1v) is 17.7. The van der Waals surface area contributed by atoms with E-state index in [1.807, 2.05) is 36.4 Å². The number of rotatable bonds is 6. The van der Waals surface area contributed by atoms with Crippen molar-refractivity contribution in [1.29, 1.82) is 0 Å². The fraction of sp³-hybridized carbons (Fsp3) is 0.233. The minimum atomic E-state index is 0.282. The summed E-state index contributed by atoms with van der Waals surface area (Å²) in [6.45, 7) is 0. The van der Waals surface area contributed by atoms with Gasteiger partial charge < -0.3 is 0 Å². The number of hydrogen-bond acceptors (Lipinski definition) is 3. The highest BCUT2D eigenvalue weighted by Gasteiger charge is 2.58. The molecule has 4 aliphatic carbocycles. The highest BCUT2D eigenvalue weighted by atomic mass is 79.9. The van der Waals surface area contributed by atoms with Crippen LogP contribution in [0.3, 0.4) is 0 Å². The Hall–Kier alpha value is -4.41. The van der Waals surface area contributed by atoms with Gasteiger partial charge in [0.15, 0.2) is 17.5 Å². The Balaban J connectivity index is 1.05. The molecule has 4 aliphatic rings. The zero-order chi connectivity index (χ0) is 31.4. The molecule has 0 saturated heterocycles. The van der Waals surface area contributed by atoms with E-state index in [1.165, 1.54) is 59.7 Å². The van der Waals surface area contributed by atoms with E-state index in [4.69, 9.17) is 15.0 Å². The molecular formula is C43H36BrN3. The van der Waals surface area contributed by atoms with Gasteiger partial charge in [0, 0.05) is 21.2 Å². The molecule has 2 unspecified atom stereocenters. The highest BCUT2D eigenvalue weighted by Crippen LogP contribution is 2.66. The SMILES string of the molecule is Brc1ccc(C23CC4CC(C2)CC(c2ccc(-c5cccc(-c6nc(-c7ccccc7)nc(-c7ccccc7)n6)c5)cc2)(C4)C3)cc1. The molecule has 4 fully saturated rings. The Morgan fingerprint density at radius 3 is 1.43 bits per heavy atom. The lowest BCUT2D eigenvalue weighted by atomic mass is 9.42. The van der Waals surface area contributed by atoms with E-state index < -0.39 is 0 Å². The molecule has 10 rings (SSSR count). The summed E-state index contributed by atoms with van der Waals surface area (Å²) in [5.41, 5.74) is 9.03. The maximum atomic E-state index is 4.97. The lowest BCUT2D eigenvalue weighted by molar-refractivity contribution is -0.0281. The molecule has 1 aromatic heterocycles. The minimum Gasteiger partial charge on any atom is -0.208 e. The fourth-order valence-corrected chi connectivity index (χ4v) is 9.80. The molecule has 0 N–H and O–H groups in total. The van der Waals surface area contributed by atoms with Gasteiger partial charge in [0.2, 0.25) is 0 Å². The van der Waals surface area contributed by atoms with Crippen LogP contribution in [0.1, 0.15) is 49.7 Å². The molecule has 6 aromatic rings. The maximum absolute atomic E-state index is 4.97. The topological polar surface area (TPSA) is 38.7 Å². The number of halogens is 1. The van der Waals surface area contributed by atoms with Gasteiger partial charge in [0.25, 0.3) is 0 Å². The molecule has 230 valence electrons. The summed E-state index contributed by atoms with van der Waals surface area (Å²) in [6, 6.07) is 47.8. The molecule has 0 aliphatic heterocycles. The lowest BCUT2D eigenvalue weighted by Gasteiger charge is -2.63. The second-order valence-electron chi connectivity index (χ2n) is 14.2. The fourth-order valence-electron chi connectivity index (χ4n) is 9.53. The summed E-state index contributed by atoms with van der Waals surface area (Å²) in [5, 5.41) is 0. The van der Waals surface area contributed by atoms with Crippen molar-refractivity contribution in [1.82, 2.24) is 15.0 Å². The molecule has 47 heavy (non-hydrogen) atoms. The minimum absolute atomic E-state index is 0.282. The van der Waals surface area contributed by atoms with Crippen LogP contribution in [0.5, 0.6) is 0 Å². The molecule has 0 radical (unpaired) electrons.